The first-order chi connectivity index (χ1) is 25.8. The number of aryl methyl sites for hydroxylation is 2. The first kappa shape index (κ1) is 33.9. The predicted molar refractivity (Wildman–Crippen MR) is 230 cm³/mol. The van der Waals surface area contributed by atoms with Crippen molar-refractivity contribution in [2.45, 2.75) is 34.6 Å². The van der Waals surface area contributed by atoms with Crippen LogP contribution in [0.2, 0.25) is 0 Å². The Hall–Kier alpha value is -6.18. The van der Waals surface area contributed by atoms with Crippen LogP contribution in [0.1, 0.15) is 48.6 Å². The van der Waals surface area contributed by atoms with Crippen molar-refractivity contribution in [2.75, 3.05) is 0 Å². The van der Waals surface area contributed by atoms with Gasteiger partial charge in [-0.25, -0.2) is 0 Å². The van der Waals surface area contributed by atoms with Crippen LogP contribution >= 0.6 is 0 Å². The molecule has 0 bridgehead atoms. The number of hydrogen-bond acceptors (Lipinski definition) is 0. The highest BCUT2D eigenvalue weighted by Crippen LogP contribution is 2.41. The number of rotatable bonds is 6. The van der Waals surface area contributed by atoms with Gasteiger partial charge in [-0.05, 0) is 113 Å². The van der Waals surface area contributed by atoms with Crippen LogP contribution in [0.3, 0.4) is 0 Å². The second-order valence-corrected chi connectivity index (χ2v) is 14.6. The summed E-state index contributed by atoms with van der Waals surface area (Å²) < 4.78 is 2.42. The summed E-state index contributed by atoms with van der Waals surface area (Å²) in [5.41, 5.74) is 17.1. The molecule has 1 heterocycles. The molecule has 0 amide bonds. The molecular weight excluding hydrogens is 639 g/mol. The lowest BCUT2D eigenvalue weighted by Gasteiger charge is -2.15. The third kappa shape index (κ3) is 6.91. The molecule has 1 nitrogen and oxygen atoms in total. The van der Waals surface area contributed by atoms with E-state index in [9.17, 15) is 0 Å². The summed E-state index contributed by atoms with van der Waals surface area (Å²) in [7, 11) is 0. The van der Waals surface area contributed by atoms with Crippen molar-refractivity contribution in [3.8, 4) is 27.9 Å². The van der Waals surface area contributed by atoms with Crippen LogP contribution in [0.5, 0.6) is 0 Å². The first-order valence-electron chi connectivity index (χ1n) is 18.7. The third-order valence-electron chi connectivity index (χ3n) is 10.6. The maximum absolute atomic E-state index is 2.42. The Morgan fingerprint density at radius 3 is 2.06 bits per heavy atom. The molecule has 1 atom stereocenters. The van der Waals surface area contributed by atoms with E-state index in [0.29, 0.717) is 5.92 Å². The minimum atomic E-state index is 0.338. The Kier molecular flexibility index (Phi) is 9.25. The topological polar surface area (TPSA) is 4.93 Å². The maximum Gasteiger partial charge on any atom is 0.0613 e. The average Bonchev–Trinajstić information content (AvgIpc) is 3.61. The summed E-state index contributed by atoms with van der Waals surface area (Å²) in [5.74, 6) is 0.338. The van der Waals surface area contributed by atoms with Crippen LogP contribution in [0.25, 0.3) is 66.8 Å². The van der Waals surface area contributed by atoms with E-state index in [0.717, 1.165) is 5.69 Å². The van der Waals surface area contributed by atoms with Gasteiger partial charge in [-0.2, -0.15) is 0 Å². The van der Waals surface area contributed by atoms with E-state index in [1.54, 1.807) is 0 Å². The molecule has 0 radical (unpaired) electrons. The summed E-state index contributed by atoms with van der Waals surface area (Å²) in [6, 6.07) is 46.7. The smallest absolute Gasteiger partial charge is 0.0613 e. The number of allylic oxidation sites excluding steroid dienone is 9. The monoisotopic (exact) mass is 683 g/mol. The molecular formula is C52H45N. The SMILES string of the molecule is CC1=C\C=C(\c2cc(-c3ccc(C)cc3)c3ccc4c(/C(C)=C/c5ccccc5C)cn(-c5ccc(-c6ccccc6)cc5)c4c3c2)C=CC(C)/C=C\1. The fraction of sp³-hybridized carbons (Fsp3) is 0.115. The molecule has 1 unspecified atom stereocenters. The van der Waals surface area contributed by atoms with E-state index in [2.05, 4.69) is 215 Å². The molecule has 8 rings (SSSR count). The number of benzene rings is 6. The minimum Gasteiger partial charge on any atom is -0.315 e. The molecule has 0 saturated heterocycles. The van der Waals surface area contributed by atoms with Gasteiger partial charge in [0.15, 0.2) is 0 Å². The lowest BCUT2D eigenvalue weighted by Crippen LogP contribution is -1.95. The predicted octanol–water partition coefficient (Wildman–Crippen LogP) is 14.4. The van der Waals surface area contributed by atoms with Crippen molar-refractivity contribution >= 4 is 38.9 Å². The highest BCUT2D eigenvalue weighted by Gasteiger charge is 2.18. The van der Waals surface area contributed by atoms with Gasteiger partial charge in [-0.15, -0.1) is 0 Å². The van der Waals surface area contributed by atoms with Crippen LogP contribution in [0.15, 0.2) is 176 Å². The molecule has 0 saturated carbocycles. The van der Waals surface area contributed by atoms with Gasteiger partial charge in [0.1, 0.15) is 0 Å². The van der Waals surface area contributed by atoms with Gasteiger partial charge >= 0.3 is 0 Å². The highest BCUT2D eigenvalue weighted by molar-refractivity contribution is 6.15. The Bertz CT molecular complexity index is 2620. The lowest BCUT2D eigenvalue weighted by molar-refractivity contribution is 0.939. The average molecular weight is 684 g/mol. The van der Waals surface area contributed by atoms with Crippen molar-refractivity contribution in [3.05, 3.63) is 203 Å². The molecule has 7 aromatic rings. The summed E-state index contributed by atoms with van der Waals surface area (Å²) in [5, 5.41) is 3.72. The van der Waals surface area contributed by atoms with E-state index in [4.69, 9.17) is 0 Å². The lowest BCUT2D eigenvalue weighted by atomic mass is 9.90. The summed E-state index contributed by atoms with van der Waals surface area (Å²) in [4.78, 5) is 0. The van der Waals surface area contributed by atoms with Crippen LogP contribution in [0.4, 0.5) is 0 Å². The molecule has 0 spiro atoms. The molecule has 0 N–H and O–H groups in total. The zero-order chi connectivity index (χ0) is 36.5. The van der Waals surface area contributed by atoms with Crippen LogP contribution < -0.4 is 0 Å². The van der Waals surface area contributed by atoms with Crippen LogP contribution in [-0.4, -0.2) is 4.57 Å². The van der Waals surface area contributed by atoms with Gasteiger partial charge < -0.3 is 4.57 Å². The standard InChI is InChI=1S/C52H45N/c1-35-15-16-36(2)18-22-42(21-17-35)45-32-49(43-23-19-37(3)20-24-43)47-29-30-48-51(39(5)31-44-14-10-9-11-38(44)4)34-53(52(48)50(47)33-45)46-27-25-41(26-28-46)40-12-7-6-8-13-40/h6-35H,1-5H3/b16-15-,21-17?,36-18+,39-31+,42-22+. The van der Waals surface area contributed by atoms with Crippen molar-refractivity contribution in [3.63, 3.8) is 0 Å². The van der Waals surface area contributed by atoms with Crippen LogP contribution in [-0.2, 0) is 0 Å². The second-order valence-electron chi connectivity index (χ2n) is 14.6. The largest absolute Gasteiger partial charge is 0.315 e. The molecule has 258 valence electrons. The first-order valence-corrected chi connectivity index (χ1v) is 18.7. The fourth-order valence-corrected chi connectivity index (χ4v) is 7.47. The van der Waals surface area contributed by atoms with E-state index in [1.807, 2.05) is 0 Å². The summed E-state index contributed by atoms with van der Waals surface area (Å²) >= 11 is 0. The summed E-state index contributed by atoms with van der Waals surface area (Å²) in [6.07, 6.45) is 18.3. The van der Waals surface area contributed by atoms with Gasteiger partial charge in [0, 0.05) is 28.2 Å². The molecule has 0 aliphatic heterocycles. The van der Waals surface area contributed by atoms with Gasteiger partial charge in [0.2, 0.25) is 0 Å². The van der Waals surface area contributed by atoms with Crippen molar-refractivity contribution in [2.24, 2.45) is 5.92 Å². The van der Waals surface area contributed by atoms with E-state index < -0.39 is 0 Å². The highest BCUT2D eigenvalue weighted by atomic mass is 15.0. The number of hydrogen-bond donors (Lipinski definition) is 0. The maximum atomic E-state index is 2.42. The molecule has 1 aliphatic rings. The zero-order valence-electron chi connectivity index (χ0n) is 31.3. The molecule has 6 aromatic carbocycles. The van der Waals surface area contributed by atoms with Gasteiger partial charge in [-0.1, -0.05) is 164 Å². The molecule has 1 heteroatoms. The molecule has 1 aromatic heterocycles. The van der Waals surface area contributed by atoms with Gasteiger partial charge in [0.05, 0.1) is 5.52 Å². The quantitative estimate of drug-likeness (QED) is 0.164. The van der Waals surface area contributed by atoms with E-state index in [-0.39, 0.29) is 0 Å². The molecule has 53 heavy (non-hydrogen) atoms. The Labute approximate surface area is 314 Å². The van der Waals surface area contributed by atoms with Gasteiger partial charge in [-0.3, -0.25) is 0 Å². The second kappa shape index (κ2) is 14.4. The number of fused-ring (bicyclic) bond motifs is 3. The normalized spacial score (nSPS) is 17.5. The number of aromatic nitrogens is 1. The van der Waals surface area contributed by atoms with Crippen molar-refractivity contribution in [1.29, 1.82) is 0 Å². The fourth-order valence-electron chi connectivity index (χ4n) is 7.47. The van der Waals surface area contributed by atoms with Crippen LogP contribution in [0, 0.1) is 19.8 Å². The molecule has 0 fully saturated rings. The Morgan fingerprint density at radius 1 is 0.604 bits per heavy atom. The number of nitrogens with zero attached hydrogens (tertiary/aromatic N) is 1. The Balaban J connectivity index is 1.43. The Morgan fingerprint density at radius 2 is 1.28 bits per heavy atom. The van der Waals surface area contributed by atoms with E-state index >= 15 is 0 Å². The minimum absolute atomic E-state index is 0.338. The van der Waals surface area contributed by atoms with Crippen molar-refractivity contribution < 1.29 is 0 Å². The zero-order valence-corrected chi connectivity index (χ0v) is 31.3. The van der Waals surface area contributed by atoms with Gasteiger partial charge in [0.25, 0.3) is 0 Å². The summed E-state index contributed by atoms with van der Waals surface area (Å²) in [6.45, 7) is 11.0. The molecule has 1 aliphatic carbocycles. The van der Waals surface area contributed by atoms with E-state index in [1.165, 1.54) is 88.5 Å². The van der Waals surface area contributed by atoms with Crippen molar-refractivity contribution in [1.82, 2.24) is 4.57 Å². The third-order valence-corrected chi connectivity index (χ3v) is 10.6.